The summed E-state index contributed by atoms with van der Waals surface area (Å²) in [6.07, 6.45) is 0.486. The highest BCUT2D eigenvalue weighted by molar-refractivity contribution is 7.09. The van der Waals surface area contributed by atoms with E-state index >= 15 is 0 Å². The molecule has 2 aromatic rings. The van der Waals surface area contributed by atoms with Gasteiger partial charge in [-0.05, 0) is 22.4 Å². The summed E-state index contributed by atoms with van der Waals surface area (Å²) in [6.45, 7) is 0.655. The van der Waals surface area contributed by atoms with Crippen molar-refractivity contribution in [2.24, 2.45) is 0 Å². The Morgan fingerprint density at radius 1 is 1.50 bits per heavy atom. The van der Waals surface area contributed by atoms with Crippen LogP contribution in [0.25, 0.3) is 0 Å². The Balaban J connectivity index is 1.76. The van der Waals surface area contributed by atoms with Crippen LogP contribution in [0.4, 0.5) is 10.8 Å². The second kappa shape index (κ2) is 4.34. The lowest BCUT2D eigenvalue weighted by atomic mass is 10.1. The molecule has 1 aliphatic rings. The summed E-state index contributed by atoms with van der Waals surface area (Å²) in [5.41, 5.74) is 3.20. The van der Waals surface area contributed by atoms with E-state index in [1.165, 1.54) is 11.5 Å². The van der Waals surface area contributed by atoms with Crippen LogP contribution in [0, 0.1) is 0 Å². The molecule has 0 atom stereocenters. The van der Waals surface area contributed by atoms with E-state index < -0.39 is 0 Å². The molecule has 1 amide bonds. The zero-order valence-electron chi connectivity index (χ0n) is 9.75. The number of hydrogen-bond donors (Lipinski definition) is 1. The summed E-state index contributed by atoms with van der Waals surface area (Å²) >= 11 is 1.22. The van der Waals surface area contributed by atoms with Gasteiger partial charge < -0.3 is 10.2 Å². The lowest BCUT2D eigenvalue weighted by molar-refractivity contribution is -0.117. The van der Waals surface area contributed by atoms with Gasteiger partial charge in [-0.15, -0.1) is 0 Å². The Bertz CT molecular complexity index is 583. The van der Waals surface area contributed by atoms with E-state index in [-0.39, 0.29) is 5.91 Å². The molecule has 0 saturated heterocycles. The Kier molecular flexibility index (Phi) is 2.67. The molecular formula is C11H11N5OS. The zero-order valence-corrected chi connectivity index (χ0v) is 10.6. The third-order valence-electron chi connectivity index (χ3n) is 2.96. The van der Waals surface area contributed by atoms with Crippen molar-refractivity contribution in [2.45, 2.75) is 13.0 Å². The molecule has 0 aliphatic carbocycles. The molecule has 7 heteroatoms. The van der Waals surface area contributed by atoms with Crippen LogP contribution in [-0.2, 0) is 17.8 Å². The van der Waals surface area contributed by atoms with Crippen LogP contribution in [0.5, 0.6) is 0 Å². The Labute approximate surface area is 108 Å². The number of rotatable bonds is 3. The zero-order chi connectivity index (χ0) is 12.5. The number of carbonyl (C=O) groups excluding carboxylic acids is 1. The summed E-state index contributed by atoms with van der Waals surface area (Å²) in [6, 6.07) is 6.04. The van der Waals surface area contributed by atoms with Crippen molar-refractivity contribution in [1.82, 2.24) is 14.8 Å². The van der Waals surface area contributed by atoms with Crippen molar-refractivity contribution in [3.8, 4) is 0 Å². The minimum Gasteiger partial charge on any atom is -0.355 e. The van der Waals surface area contributed by atoms with E-state index in [9.17, 15) is 4.79 Å². The number of aromatic nitrogens is 3. The lowest BCUT2D eigenvalue weighted by Crippen LogP contribution is -2.20. The van der Waals surface area contributed by atoms with Gasteiger partial charge in [-0.2, -0.15) is 0 Å². The second-order valence-corrected chi connectivity index (χ2v) is 4.85. The normalized spacial score (nSPS) is 13.8. The number of nitrogens with one attached hydrogen (secondary N) is 1. The standard InChI is InChI=1S/C11H11N5OS/c1-16-9-3-2-7(4-8(9)5-10(16)17)6-12-11-13-14-15-18-11/h2-4H,5-6H2,1H3,(H,12,13,15). The monoisotopic (exact) mass is 261 g/mol. The molecule has 6 nitrogen and oxygen atoms in total. The Morgan fingerprint density at radius 3 is 3.17 bits per heavy atom. The third kappa shape index (κ3) is 1.92. The largest absolute Gasteiger partial charge is 0.355 e. The van der Waals surface area contributed by atoms with Gasteiger partial charge in [0.15, 0.2) is 0 Å². The number of anilines is 2. The number of fused-ring (bicyclic) bond motifs is 1. The van der Waals surface area contributed by atoms with E-state index in [4.69, 9.17) is 0 Å². The van der Waals surface area contributed by atoms with Crippen LogP contribution >= 0.6 is 11.5 Å². The van der Waals surface area contributed by atoms with Crippen LogP contribution in [0.15, 0.2) is 18.2 Å². The van der Waals surface area contributed by atoms with Crippen LogP contribution in [0.2, 0.25) is 0 Å². The number of carbonyl (C=O) groups is 1. The van der Waals surface area contributed by atoms with Gasteiger partial charge in [0, 0.05) is 30.8 Å². The molecule has 1 aromatic carbocycles. The molecule has 18 heavy (non-hydrogen) atoms. The van der Waals surface area contributed by atoms with E-state index in [1.807, 2.05) is 12.1 Å². The number of likely N-dealkylation sites (N-methyl/N-ethyl adjacent to an activating group) is 1. The fourth-order valence-corrected chi connectivity index (χ4v) is 2.37. The van der Waals surface area contributed by atoms with Gasteiger partial charge in [0.25, 0.3) is 0 Å². The SMILES string of the molecule is CN1C(=O)Cc2cc(CNc3nnns3)ccc21. The van der Waals surface area contributed by atoms with Crippen molar-refractivity contribution < 1.29 is 4.79 Å². The fourth-order valence-electron chi connectivity index (χ4n) is 2.01. The topological polar surface area (TPSA) is 71.0 Å². The molecule has 2 heterocycles. The summed E-state index contributed by atoms with van der Waals surface area (Å²) in [7, 11) is 1.80. The van der Waals surface area contributed by atoms with Gasteiger partial charge >= 0.3 is 0 Å². The predicted octanol–water partition coefficient (Wildman–Crippen LogP) is 1.06. The summed E-state index contributed by atoms with van der Waals surface area (Å²) in [4.78, 5) is 13.3. The maximum atomic E-state index is 11.6. The molecule has 0 fully saturated rings. The highest BCUT2D eigenvalue weighted by Gasteiger charge is 2.23. The quantitative estimate of drug-likeness (QED) is 0.894. The van der Waals surface area contributed by atoms with Crippen molar-refractivity contribution in [1.29, 1.82) is 0 Å². The molecule has 3 rings (SSSR count). The molecule has 0 bridgehead atoms. The number of amides is 1. The Morgan fingerprint density at radius 2 is 2.39 bits per heavy atom. The van der Waals surface area contributed by atoms with Gasteiger partial charge in [-0.1, -0.05) is 21.7 Å². The fraction of sp³-hybridized carbons (Fsp3) is 0.273. The summed E-state index contributed by atoms with van der Waals surface area (Å²) < 4.78 is 3.68. The van der Waals surface area contributed by atoms with Crippen LogP contribution in [0.3, 0.4) is 0 Å². The molecule has 1 aromatic heterocycles. The number of nitrogens with zero attached hydrogens (tertiary/aromatic N) is 4. The Hall–Kier alpha value is -2.02. The summed E-state index contributed by atoms with van der Waals surface area (Å²) in [5.74, 6) is 0.142. The predicted molar refractivity (Wildman–Crippen MR) is 68.6 cm³/mol. The van der Waals surface area contributed by atoms with Crippen LogP contribution in [0.1, 0.15) is 11.1 Å². The molecule has 1 N–H and O–H groups in total. The third-order valence-corrected chi connectivity index (χ3v) is 3.52. The highest BCUT2D eigenvalue weighted by Crippen LogP contribution is 2.28. The van der Waals surface area contributed by atoms with Crippen molar-refractivity contribution >= 4 is 28.3 Å². The minimum atomic E-state index is 0.142. The van der Waals surface area contributed by atoms with E-state index in [1.54, 1.807) is 11.9 Å². The molecule has 0 saturated carbocycles. The average Bonchev–Trinajstić information content (AvgIpc) is 2.97. The van der Waals surface area contributed by atoms with Crippen molar-refractivity contribution in [3.63, 3.8) is 0 Å². The molecule has 0 unspecified atom stereocenters. The highest BCUT2D eigenvalue weighted by atomic mass is 32.1. The number of hydrogen-bond acceptors (Lipinski definition) is 6. The molecule has 92 valence electrons. The maximum absolute atomic E-state index is 11.6. The first-order valence-corrected chi connectivity index (χ1v) is 6.28. The van der Waals surface area contributed by atoms with Crippen molar-refractivity contribution in [2.75, 3.05) is 17.3 Å². The first-order valence-electron chi connectivity index (χ1n) is 5.51. The van der Waals surface area contributed by atoms with Gasteiger partial charge in [-0.3, -0.25) is 4.79 Å². The van der Waals surface area contributed by atoms with E-state index in [0.717, 1.165) is 16.8 Å². The summed E-state index contributed by atoms with van der Waals surface area (Å²) in [5, 5.41) is 11.2. The first-order chi connectivity index (χ1) is 8.74. The van der Waals surface area contributed by atoms with E-state index in [0.29, 0.717) is 18.1 Å². The van der Waals surface area contributed by atoms with Crippen LogP contribution in [-0.4, -0.2) is 27.8 Å². The van der Waals surface area contributed by atoms with Gasteiger partial charge in [-0.25, -0.2) is 0 Å². The molecular weight excluding hydrogens is 250 g/mol. The van der Waals surface area contributed by atoms with Crippen LogP contribution < -0.4 is 10.2 Å². The second-order valence-electron chi connectivity index (χ2n) is 4.11. The van der Waals surface area contributed by atoms with Gasteiger partial charge in [0.1, 0.15) is 0 Å². The maximum Gasteiger partial charge on any atom is 0.231 e. The lowest BCUT2D eigenvalue weighted by Gasteiger charge is -2.10. The molecule has 0 radical (unpaired) electrons. The van der Waals surface area contributed by atoms with E-state index in [2.05, 4.69) is 26.2 Å². The van der Waals surface area contributed by atoms with Gasteiger partial charge in [0.2, 0.25) is 11.0 Å². The molecule has 0 spiro atoms. The minimum absolute atomic E-state index is 0.142. The number of benzene rings is 1. The smallest absolute Gasteiger partial charge is 0.231 e. The van der Waals surface area contributed by atoms with Crippen molar-refractivity contribution in [3.05, 3.63) is 29.3 Å². The average molecular weight is 261 g/mol. The molecule has 1 aliphatic heterocycles. The van der Waals surface area contributed by atoms with Gasteiger partial charge in [0.05, 0.1) is 6.42 Å². The first kappa shape index (κ1) is 11.1.